The number of hydrogen-bond donors (Lipinski definition) is 0. The van der Waals surface area contributed by atoms with Crippen LogP contribution in [0.4, 0.5) is 0 Å². The first-order valence-electron chi connectivity index (χ1n) is 8.81. The Hall–Kier alpha value is -2.91. The van der Waals surface area contributed by atoms with Gasteiger partial charge in [0.1, 0.15) is 5.75 Å². The van der Waals surface area contributed by atoms with Crippen molar-refractivity contribution in [3.8, 4) is 11.5 Å². The van der Waals surface area contributed by atoms with Crippen molar-refractivity contribution in [2.45, 2.75) is 12.3 Å². The third-order valence-corrected chi connectivity index (χ3v) is 6.78. The van der Waals surface area contributed by atoms with Crippen LogP contribution in [-0.4, -0.2) is 31.4 Å². The zero-order valence-electron chi connectivity index (χ0n) is 15.4. The lowest BCUT2D eigenvalue weighted by atomic mass is 10.2. The molecule has 0 atom stereocenters. The summed E-state index contributed by atoms with van der Waals surface area (Å²) in [6.07, 6.45) is 1.69. The van der Waals surface area contributed by atoms with E-state index in [4.69, 9.17) is 9.47 Å². The van der Waals surface area contributed by atoms with Crippen molar-refractivity contribution >= 4 is 37.3 Å². The highest BCUT2D eigenvalue weighted by atomic mass is 32.2. The highest BCUT2D eigenvalue weighted by molar-refractivity contribution is 7.91. The van der Waals surface area contributed by atoms with E-state index in [0.29, 0.717) is 28.4 Å². The van der Waals surface area contributed by atoms with Gasteiger partial charge in [0.25, 0.3) is 5.91 Å². The highest BCUT2D eigenvalue weighted by Crippen LogP contribution is 2.36. The zero-order valence-corrected chi connectivity index (χ0v) is 17.0. The molecule has 0 radical (unpaired) electrons. The number of nitrogens with zero attached hydrogens (tertiary/aromatic N) is 2. The van der Waals surface area contributed by atoms with Crippen LogP contribution in [0.15, 0.2) is 60.1 Å². The summed E-state index contributed by atoms with van der Waals surface area (Å²) in [6, 6.07) is 12.4. The van der Waals surface area contributed by atoms with Gasteiger partial charge in [-0.25, -0.2) is 8.42 Å². The van der Waals surface area contributed by atoms with Crippen molar-refractivity contribution in [1.29, 1.82) is 0 Å². The van der Waals surface area contributed by atoms with Crippen LogP contribution in [0, 0.1) is 0 Å². The van der Waals surface area contributed by atoms with Gasteiger partial charge >= 0.3 is 0 Å². The topological polar surface area (TPSA) is 87.0 Å². The van der Waals surface area contributed by atoms with Crippen molar-refractivity contribution in [3.05, 3.63) is 65.5 Å². The molecule has 1 aliphatic rings. The molecule has 0 saturated heterocycles. The number of rotatable bonds is 6. The molecule has 0 unspecified atom stereocenters. The number of benzene rings is 2. The molecular weight excluding hydrogens is 412 g/mol. The molecule has 0 aliphatic carbocycles. The van der Waals surface area contributed by atoms with Crippen LogP contribution in [0.3, 0.4) is 0 Å². The van der Waals surface area contributed by atoms with Crippen molar-refractivity contribution in [3.63, 3.8) is 0 Å². The third-order valence-electron chi connectivity index (χ3n) is 4.28. The normalized spacial score (nSPS) is 13.7. The van der Waals surface area contributed by atoms with E-state index in [1.807, 2.05) is 18.2 Å². The number of carbonyl (C=O) groups is 1. The maximum absolute atomic E-state index is 12.4. The van der Waals surface area contributed by atoms with Gasteiger partial charge in [-0.3, -0.25) is 4.79 Å². The predicted octanol–water partition coefficient (Wildman–Crippen LogP) is 2.66. The molecule has 3 aromatic rings. The lowest BCUT2D eigenvalue weighted by Crippen LogP contribution is -2.21. The van der Waals surface area contributed by atoms with E-state index in [2.05, 4.69) is 11.6 Å². The Kier molecular flexibility index (Phi) is 5.25. The minimum absolute atomic E-state index is 0.170. The smallest absolute Gasteiger partial charge is 0.263 e. The molecule has 9 heteroatoms. The minimum atomic E-state index is -3.63. The second-order valence-corrected chi connectivity index (χ2v) is 9.55. The van der Waals surface area contributed by atoms with Crippen LogP contribution in [-0.2, 0) is 26.9 Å². The number of carbonyl (C=O) groups excluding carboxylic acids is 1. The summed E-state index contributed by atoms with van der Waals surface area (Å²) in [5, 5.41) is 0. The number of hydrogen-bond acceptors (Lipinski definition) is 6. The number of sulfone groups is 1. The molecule has 150 valence electrons. The van der Waals surface area contributed by atoms with Crippen molar-refractivity contribution in [1.82, 2.24) is 4.57 Å². The number of fused-ring (bicyclic) bond motifs is 2. The van der Waals surface area contributed by atoms with Crippen molar-refractivity contribution < 1.29 is 22.7 Å². The van der Waals surface area contributed by atoms with Crippen LogP contribution >= 0.6 is 11.3 Å². The standard InChI is InChI=1S/C20H18N2O5S2/c1-2-8-22-15-9-16-17(27-13-26-16)10-18(15)28-20(22)21-19(23)12-29(24,25)11-14-6-4-3-5-7-14/h2-7,9-10H,1,8,11-13H2. The third kappa shape index (κ3) is 4.25. The molecule has 1 aromatic heterocycles. The van der Waals surface area contributed by atoms with Crippen LogP contribution in [0.2, 0.25) is 0 Å². The van der Waals surface area contributed by atoms with E-state index in [-0.39, 0.29) is 12.5 Å². The molecule has 0 N–H and O–H groups in total. The Morgan fingerprint density at radius 2 is 1.93 bits per heavy atom. The van der Waals surface area contributed by atoms with Crippen molar-refractivity contribution in [2.75, 3.05) is 12.5 Å². The average molecular weight is 431 g/mol. The Labute approximate surface area is 171 Å². The maximum atomic E-state index is 12.4. The van der Waals surface area contributed by atoms with Crippen molar-refractivity contribution in [2.24, 2.45) is 4.99 Å². The van der Waals surface area contributed by atoms with Gasteiger partial charge in [-0.2, -0.15) is 4.99 Å². The molecule has 0 saturated carbocycles. The molecule has 4 rings (SSSR count). The average Bonchev–Trinajstić information content (AvgIpc) is 3.24. The number of amides is 1. The Balaban J connectivity index is 1.65. The summed E-state index contributed by atoms with van der Waals surface area (Å²) in [6.45, 7) is 4.34. The molecule has 29 heavy (non-hydrogen) atoms. The van der Waals surface area contributed by atoms with E-state index < -0.39 is 21.5 Å². The van der Waals surface area contributed by atoms with E-state index >= 15 is 0 Å². The lowest BCUT2D eigenvalue weighted by Gasteiger charge is -2.03. The number of ether oxygens (including phenoxy) is 2. The number of allylic oxidation sites excluding steroid dienone is 1. The van der Waals surface area contributed by atoms with E-state index in [0.717, 1.165) is 10.2 Å². The van der Waals surface area contributed by atoms with E-state index in [1.54, 1.807) is 34.9 Å². The van der Waals surface area contributed by atoms with Gasteiger partial charge in [0.05, 0.1) is 16.0 Å². The van der Waals surface area contributed by atoms with E-state index in [9.17, 15) is 13.2 Å². The van der Waals surface area contributed by atoms with Gasteiger partial charge in [-0.1, -0.05) is 47.7 Å². The predicted molar refractivity (Wildman–Crippen MR) is 111 cm³/mol. The second-order valence-electron chi connectivity index (χ2n) is 6.48. The monoisotopic (exact) mass is 430 g/mol. The van der Waals surface area contributed by atoms with Crippen LogP contribution < -0.4 is 14.3 Å². The van der Waals surface area contributed by atoms with Gasteiger partial charge in [0.15, 0.2) is 26.1 Å². The van der Waals surface area contributed by atoms with Gasteiger partial charge < -0.3 is 14.0 Å². The van der Waals surface area contributed by atoms with Gasteiger partial charge in [0, 0.05) is 18.7 Å². The van der Waals surface area contributed by atoms with Gasteiger partial charge in [-0.15, -0.1) is 6.58 Å². The molecule has 0 bridgehead atoms. The van der Waals surface area contributed by atoms with Crippen LogP contribution in [0.5, 0.6) is 11.5 Å². The van der Waals surface area contributed by atoms with Gasteiger partial charge in [0.2, 0.25) is 6.79 Å². The Bertz CT molecular complexity index is 1260. The molecular formula is C20H18N2O5S2. The first-order chi connectivity index (χ1) is 13.9. The fourth-order valence-corrected chi connectivity index (χ4v) is 5.37. The minimum Gasteiger partial charge on any atom is -0.454 e. The molecule has 0 spiro atoms. The zero-order chi connectivity index (χ0) is 20.4. The summed E-state index contributed by atoms with van der Waals surface area (Å²) < 4.78 is 38.2. The first-order valence-corrected chi connectivity index (χ1v) is 11.4. The summed E-state index contributed by atoms with van der Waals surface area (Å²) in [7, 11) is -3.63. The molecule has 1 amide bonds. The molecule has 2 heterocycles. The largest absolute Gasteiger partial charge is 0.454 e. The lowest BCUT2D eigenvalue weighted by molar-refractivity contribution is -0.115. The second kappa shape index (κ2) is 7.84. The quantitative estimate of drug-likeness (QED) is 0.561. The molecule has 7 nitrogen and oxygen atoms in total. The fourth-order valence-electron chi connectivity index (χ4n) is 3.06. The SMILES string of the molecule is C=CCn1c(=NC(=O)CS(=O)(=O)Cc2ccccc2)sc2cc3c(cc21)OCO3. The molecule has 2 aromatic carbocycles. The summed E-state index contributed by atoms with van der Waals surface area (Å²) >= 11 is 1.29. The summed E-state index contributed by atoms with van der Waals surface area (Å²) in [5.41, 5.74) is 1.45. The van der Waals surface area contributed by atoms with Gasteiger partial charge in [-0.05, 0) is 5.56 Å². The fraction of sp³-hybridized carbons (Fsp3) is 0.200. The maximum Gasteiger partial charge on any atom is 0.263 e. The van der Waals surface area contributed by atoms with E-state index in [1.165, 1.54) is 11.3 Å². The summed E-state index contributed by atoms with van der Waals surface area (Å²) in [4.78, 5) is 16.9. The molecule has 0 fully saturated rings. The van der Waals surface area contributed by atoms with Crippen LogP contribution in [0.1, 0.15) is 5.56 Å². The Morgan fingerprint density at radius 3 is 2.66 bits per heavy atom. The highest BCUT2D eigenvalue weighted by Gasteiger charge is 2.20. The number of thiazole rings is 1. The first kappa shape index (κ1) is 19.4. The molecule has 1 aliphatic heterocycles. The number of aromatic nitrogens is 1. The summed E-state index contributed by atoms with van der Waals surface area (Å²) in [5.74, 6) is -0.294. The van der Waals surface area contributed by atoms with Crippen LogP contribution in [0.25, 0.3) is 10.2 Å². The Morgan fingerprint density at radius 1 is 1.21 bits per heavy atom.